The Labute approximate surface area is 75.7 Å². The quantitative estimate of drug-likeness (QED) is 0.660. The lowest BCUT2D eigenvalue weighted by atomic mass is 10.0. The van der Waals surface area contributed by atoms with Gasteiger partial charge >= 0.3 is 0 Å². The van der Waals surface area contributed by atoms with Gasteiger partial charge in [-0.1, -0.05) is 0 Å². The van der Waals surface area contributed by atoms with Crippen LogP contribution in [0.4, 0.5) is 20.2 Å². The van der Waals surface area contributed by atoms with Crippen molar-refractivity contribution in [1.29, 1.82) is 0 Å². The standard InChI is InChI=1S/C9H12F2N2/c1-4-5(2)9(13-3)7(11)6(10)8(4)12/h13H,12H2,1-3H3. The fourth-order valence-electron chi connectivity index (χ4n) is 1.24. The van der Waals surface area contributed by atoms with Crippen molar-refractivity contribution in [1.82, 2.24) is 0 Å². The molecule has 0 bridgehead atoms. The maximum Gasteiger partial charge on any atom is 0.184 e. The minimum atomic E-state index is -0.979. The average Bonchev–Trinajstić information content (AvgIpc) is 2.13. The van der Waals surface area contributed by atoms with Gasteiger partial charge in [-0.2, -0.15) is 0 Å². The third-order valence-corrected chi connectivity index (χ3v) is 2.24. The Hall–Kier alpha value is -1.32. The summed E-state index contributed by atoms with van der Waals surface area (Å²) < 4.78 is 26.3. The number of benzene rings is 1. The number of nitrogens with one attached hydrogen (secondary N) is 1. The molecule has 0 saturated carbocycles. The Balaban J connectivity index is 3.56. The fraction of sp³-hybridized carbons (Fsp3) is 0.333. The van der Waals surface area contributed by atoms with Crippen molar-refractivity contribution < 1.29 is 8.78 Å². The number of nitrogen functional groups attached to an aromatic ring is 1. The molecule has 0 heterocycles. The van der Waals surface area contributed by atoms with Crippen LogP contribution in [0, 0.1) is 25.5 Å². The molecule has 0 amide bonds. The Kier molecular flexibility index (Phi) is 2.40. The number of halogens is 2. The van der Waals surface area contributed by atoms with E-state index in [-0.39, 0.29) is 11.4 Å². The van der Waals surface area contributed by atoms with Crippen LogP contribution < -0.4 is 11.1 Å². The minimum Gasteiger partial charge on any atom is -0.396 e. The topological polar surface area (TPSA) is 38.0 Å². The lowest BCUT2D eigenvalue weighted by Gasteiger charge is -2.12. The van der Waals surface area contributed by atoms with Crippen LogP contribution in [0.5, 0.6) is 0 Å². The number of rotatable bonds is 1. The molecule has 0 aliphatic heterocycles. The second-order valence-corrected chi connectivity index (χ2v) is 2.92. The van der Waals surface area contributed by atoms with Crippen molar-refractivity contribution in [2.45, 2.75) is 13.8 Å². The normalized spacial score (nSPS) is 10.2. The first kappa shape index (κ1) is 9.77. The van der Waals surface area contributed by atoms with Crippen LogP contribution in [0.25, 0.3) is 0 Å². The molecule has 0 fully saturated rings. The molecule has 0 aliphatic rings. The molecule has 0 radical (unpaired) electrons. The second kappa shape index (κ2) is 3.20. The highest BCUT2D eigenvalue weighted by Gasteiger charge is 2.17. The maximum absolute atomic E-state index is 13.2. The van der Waals surface area contributed by atoms with E-state index in [0.29, 0.717) is 11.1 Å². The highest BCUT2D eigenvalue weighted by Crippen LogP contribution is 2.30. The van der Waals surface area contributed by atoms with Gasteiger partial charge in [0.05, 0.1) is 11.4 Å². The van der Waals surface area contributed by atoms with E-state index in [1.54, 1.807) is 20.9 Å². The zero-order valence-corrected chi connectivity index (χ0v) is 7.83. The van der Waals surface area contributed by atoms with Crippen molar-refractivity contribution in [2.24, 2.45) is 0 Å². The summed E-state index contributed by atoms with van der Waals surface area (Å²) in [6.45, 7) is 3.36. The SMILES string of the molecule is CNc1c(C)c(C)c(N)c(F)c1F. The molecule has 4 heteroatoms. The van der Waals surface area contributed by atoms with Crippen LogP contribution in [0.2, 0.25) is 0 Å². The largest absolute Gasteiger partial charge is 0.396 e. The highest BCUT2D eigenvalue weighted by atomic mass is 19.2. The Morgan fingerprint density at radius 2 is 1.62 bits per heavy atom. The maximum atomic E-state index is 13.2. The monoisotopic (exact) mass is 186 g/mol. The molecular weight excluding hydrogens is 174 g/mol. The summed E-state index contributed by atoms with van der Waals surface area (Å²) in [6, 6.07) is 0. The zero-order valence-electron chi connectivity index (χ0n) is 7.83. The summed E-state index contributed by atoms with van der Waals surface area (Å²) in [7, 11) is 1.54. The van der Waals surface area contributed by atoms with E-state index in [2.05, 4.69) is 5.32 Å². The van der Waals surface area contributed by atoms with E-state index in [1.165, 1.54) is 0 Å². The lowest BCUT2D eigenvalue weighted by molar-refractivity contribution is 0.513. The van der Waals surface area contributed by atoms with Gasteiger partial charge in [0, 0.05) is 7.05 Å². The van der Waals surface area contributed by atoms with Crippen LogP contribution >= 0.6 is 0 Å². The summed E-state index contributed by atoms with van der Waals surface area (Å²) in [6.07, 6.45) is 0. The fourth-order valence-corrected chi connectivity index (χ4v) is 1.24. The van der Waals surface area contributed by atoms with Crippen molar-refractivity contribution in [3.8, 4) is 0 Å². The molecule has 0 unspecified atom stereocenters. The van der Waals surface area contributed by atoms with E-state index >= 15 is 0 Å². The molecule has 1 aromatic rings. The smallest absolute Gasteiger partial charge is 0.184 e. The number of hydrogen-bond donors (Lipinski definition) is 2. The summed E-state index contributed by atoms with van der Waals surface area (Å²) in [4.78, 5) is 0. The second-order valence-electron chi connectivity index (χ2n) is 2.92. The number of hydrogen-bond acceptors (Lipinski definition) is 2. The van der Waals surface area contributed by atoms with Gasteiger partial charge in [0.25, 0.3) is 0 Å². The van der Waals surface area contributed by atoms with E-state index < -0.39 is 11.6 Å². The predicted octanol–water partition coefficient (Wildman–Crippen LogP) is 2.21. The summed E-state index contributed by atoms with van der Waals surface area (Å²) >= 11 is 0. The van der Waals surface area contributed by atoms with Gasteiger partial charge in [0.1, 0.15) is 0 Å². The Morgan fingerprint density at radius 3 is 2.08 bits per heavy atom. The first-order valence-corrected chi connectivity index (χ1v) is 3.92. The van der Waals surface area contributed by atoms with Gasteiger partial charge in [-0.15, -0.1) is 0 Å². The Bertz CT molecular complexity index is 319. The van der Waals surface area contributed by atoms with Crippen LogP contribution in [0.1, 0.15) is 11.1 Å². The van der Waals surface area contributed by atoms with Gasteiger partial charge < -0.3 is 11.1 Å². The minimum absolute atomic E-state index is 0.117. The van der Waals surface area contributed by atoms with Crippen molar-refractivity contribution >= 4 is 11.4 Å². The van der Waals surface area contributed by atoms with Crippen LogP contribution in [-0.4, -0.2) is 7.05 Å². The van der Waals surface area contributed by atoms with Crippen molar-refractivity contribution in [3.63, 3.8) is 0 Å². The highest BCUT2D eigenvalue weighted by molar-refractivity contribution is 5.64. The van der Waals surface area contributed by atoms with E-state index in [9.17, 15) is 8.78 Å². The first-order valence-electron chi connectivity index (χ1n) is 3.92. The molecule has 1 rings (SSSR count). The molecule has 3 N–H and O–H groups in total. The lowest BCUT2D eigenvalue weighted by Crippen LogP contribution is -2.06. The van der Waals surface area contributed by atoms with E-state index in [0.717, 1.165) is 0 Å². The third kappa shape index (κ3) is 1.32. The number of anilines is 2. The summed E-state index contributed by atoms with van der Waals surface area (Å²) in [5, 5.41) is 2.60. The zero-order chi connectivity index (χ0) is 10.2. The molecule has 0 atom stereocenters. The van der Waals surface area contributed by atoms with Gasteiger partial charge in [-0.05, 0) is 25.0 Å². The van der Waals surface area contributed by atoms with Gasteiger partial charge in [0.15, 0.2) is 11.6 Å². The molecular formula is C9H12F2N2. The Morgan fingerprint density at radius 1 is 1.08 bits per heavy atom. The molecule has 0 aromatic heterocycles. The average molecular weight is 186 g/mol. The molecule has 1 aromatic carbocycles. The van der Waals surface area contributed by atoms with Gasteiger partial charge in [-0.3, -0.25) is 0 Å². The number of nitrogens with two attached hydrogens (primary N) is 1. The third-order valence-electron chi connectivity index (χ3n) is 2.24. The first-order chi connectivity index (χ1) is 6.00. The van der Waals surface area contributed by atoms with E-state index in [4.69, 9.17) is 5.73 Å². The summed E-state index contributed by atoms with van der Waals surface area (Å²) in [5.41, 5.74) is 6.63. The van der Waals surface area contributed by atoms with Crippen LogP contribution in [0.15, 0.2) is 0 Å². The van der Waals surface area contributed by atoms with Crippen LogP contribution in [0.3, 0.4) is 0 Å². The molecule has 2 nitrogen and oxygen atoms in total. The van der Waals surface area contributed by atoms with Gasteiger partial charge in [-0.25, -0.2) is 8.78 Å². The molecule has 0 saturated heterocycles. The predicted molar refractivity (Wildman–Crippen MR) is 49.8 cm³/mol. The molecule has 0 aliphatic carbocycles. The van der Waals surface area contributed by atoms with Gasteiger partial charge in [0.2, 0.25) is 0 Å². The summed E-state index contributed by atoms with van der Waals surface area (Å²) in [5.74, 6) is -1.89. The molecule has 13 heavy (non-hydrogen) atoms. The van der Waals surface area contributed by atoms with Crippen LogP contribution in [-0.2, 0) is 0 Å². The van der Waals surface area contributed by atoms with Crippen molar-refractivity contribution in [3.05, 3.63) is 22.8 Å². The van der Waals surface area contributed by atoms with E-state index in [1.807, 2.05) is 0 Å². The van der Waals surface area contributed by atoms with Crippen molar-refractivity contribution in [2.75, 3.05) is 18.1 Å². The molecule has 0 spiro atoms. The molecule has 72 valence electrons.